The maximum Gasteiger partial charge on any atom is 0.161 e. The molecule has 3 aromatic rings. The predicted molar refractivity (Wildman–Crippen MR) is 88.4 cm³/mol. The highest BCUT2D eigenvalue weighted by Gasteiger charge is 2.14. The highest BCUT2D eigenvalue weighted by molar-refractivity contribution is 5.52. The van der Waals surface area contributed by atoms with E-state index in [2.05, 4.69) is 24.0 Å². The van der Waals surface area contributed by atoms with Crippen molar-refractivity contribution in [2.24, 2.45) is 0 Å². The zero-order valence-corrected chi connectivity index (χ0v) is 13.7. The van der Waals surface area contributed by atoms with Gasteiger partial charge in [0.05, 0.1) is 18.9 Å². The first-order chi connectivity index (χ1) is 11.2. The van der Waals surface area contributed by atoms with Crippen LogP contribution in [0.1, 0.15) is 25.2 Å². The minimum atomic E-state index is 0.645. The molecule has 0 aliphatic heterocycles. The number of para-hydroxylation sites is 1. The van der Waals surface area contributed by atoms with Gasteiger partial charge < -0.3 is 4.74 Å². The van der Waals surface area contributed by atoms with Gasteiger partial charge >= 0.3 is 0 Å². The molecule has 0 N–H and O–H groups in total. The molecular weight excluding hydrogens is 290 g/mol. The zero-order valence-electron chi connectivity index (χ0n) is 13.7. The number of benzene rings is 1. The van der Waals surface area contributed by atoms with Gasteiger partial charge in [-0.05, 0) is 19.9 Å². The van der Waals surface area contributed by atoms with Crippen molar-refractivity contribution in [3.05, 3.63) is 48.0 Å². The summed E-state index contributed by atoms with van der Waals surface area (Å²) in [6.45, 7) is 5.74. The maximum atomic E-state index is 5.41. The third-order valence-corrected chi connectivity index (χ3v) is 3.77. The summed E-state index contributed by atoms with van der Waals surface area (Å²) >= 11 is 0. The van der Waals surface area contributed by atoms with Crippen LogP contribution in [0.3, 0.4) is 0 Å². The second-order valence-corrected chi connectivity index (χ2v) is 5.24. The van der Waals surface area contributed by atoms with Crippen LogP contribution >= 0.6 is 0 Å². The van der Waals surface area contributed by atoms with E-state index < -0.39 is 0 Å². The van der Waals surface area contributed by atoms with E-state index >= 15 is 0 Å². The Kier molecular flexibility index (Phi) is 4.41. The Morgan fingerprint density at radius 1 is 1.13 bits per heavy atom. The molecule has 23 heavy (non-hydrogen) atoms. The highest BCUT2D eigenvalue weighted by atomic mass is 16.5. The van der Waals surface area contributed by atoms with Crippen molar-refractivity contribution in [1.82, 2.24) is 24.5 Å². The Hall–Kier alpha value is -2.63. The SMILES string of the molecule is CCn1cc(-c2nc(Cc3ccccc3OC)nn2CC)cn1. The van der Waals surface area contributed by atoms with E-state index in [9.17, 15) is 0 Å². The monoisotopic (exact) mass is 311 g/mol. The Balaban J connectivity index is 1.92. The van der Waals surface area contributed by atoms with Crippen molar-refractivity contribution >= 4 is 0 Å². The van der Waals surface area contributed by atoms with E-state index in [0.29, 0.717) is 6.42 Å². The van der Waals surface area contributed by atoms with Crippen LogP contribution in [-0.2, 0) is 19.5 Å². The number of hydrogen-bond donors (Lipinski definition) is 0. The number of methoxy groups -OCH3 is 1. The van der Waals surface area contributed by atoms with Gasteiger partial charge in [-0.3, -0.25) is 4.68 Å². The van der Waals surface area contributed by atoms with Crippen LogP contribution in [0.15, 0.2) is 36.7 Å². The van der Waals surface area contributed by atoms with Crippen molar-refractivity contribution in [1.29, 1.82) is 0 Å². The van der Waals surface area contributed by atoms with Crippen molar-refractivity contribution in [2.75, 3.05) is 7.11 Å². The summed E-state index contributed by atoms with van der Waals surface area (Å²) < 4.78 is 9.22. The van der Waals surface area contributed by atoms with Gasteiger partial charge in [0.25, 0.3) is 0 Å². The molecule has 0 amide bonds. The second-order valence-electron chi connectivity index (χ2n) is 5.24. The van der Waals surface area contributed by atoms with Crippen LogP contribution < -0.4 is 4.74 Å². The van der Waals surface area contributed by atoms with Gasteiger partial charge in [-0.2, -0.15) is 10.2 Å². The Labute approximate surface area is 135 Å². The first-order valence-electron chi connectivity index (χ1n) is 7.83. The molecule has 2 aromatic heterocycles. The summed E-state index contributed by atoms with van der Waals surface area (Å²) in [5, 5.41) is 8.95. The number of aryl methyl sites for hydroxylation is 2. The van der Waals surface area contributed by atoms with Gasteiger partial charge in [-0.1, -0.05) is 18.2 Å². The van der Waals surface area contributed by atoms with E-state index in [1.54, 1.807) is 7.11 Å². The highest BCUT2D eigenvalue weighted by Crippen LogP contribution is 2.22. The lowest BCUT2D eigenvalue weighted by Gasteiger charge is -2.05. The van der Waals surface area contributed by atoms with Gasteiger partial charge in [0.1, 0.15) is 5.75 Å². The standard InChI is InChI=1S/C17H21N5O/c1-4-21-12-14(11-18-21)17-19-16(20-22(17)5-2)10-13-8-6-7-9-15(13)23-3/h6-9,11-12H,4-5,10H2,1-3H3. The first-order valence-corrected chi connectivity index (χ1v) is 7.83. The lowest BCUT2D eigenvalue weighted by Crippen LogP contribution is -2.00. The van der Waals surface area contributed by atoms with Gasteiger partial charge in [0.15, 0.2) is 11.6 Å². The third-order valence-electron chi connectivity index (χ3n) is 3.77. The summed E-state index contributed by atoms with van der Waals surface area (Å²) in [7, 11) is 1.68. The summed E-state index contributed by atoms with van der Waals surface area (Å²) in [6.07, 6.45) is 4.49. The minimum absolute atomic E-state index is 0.645. The number of rotatable bonds is 6. The molecule has 0 bridgehead atoms. The molecule has 6 heteroatoms. The van der Waals surface area contributed by atoms with Crippen LogP contribution in [0.4, 0.5) is 0 Å². The quantitative estimate of drug-likeness (QED) is 0.702. The predicted octanol–water partition coefficient (Wildman–Crippen LogP) is 2.78. The molecule has 0 spiro atoms. The summed E-state index contributed by atoms with van der Waals surface area (Å²) in [6, 6.07) is 7.96. The molecule has 1 aromatic carbocycles. The van der Waals surface area contributed by atoms with Crippen LogP contribution in [0, 0.1) is 0 Å². The van der Waals surface area contributed by atoms with E-state index in [-0.39, 0.29) is 0 Å². The molecule has 0 atom stereocenters. The minimum Gasteiger partial charge on any atom is -0.496 e. The molecule has 2 heterocycles. The molecule has 3 rings (SSSR count). The topological polar surface area (TPSA) is 57.8 Å². The van der Waals surface area contributed by atoms with Crippen molar-refractivity contribution in [3.63, 3.8) is 0 Å². The molecule has 120 valence electrons. The molecule has 0 unspecified atom stereocenters. The fraction of sp³-hybridized carbons (Fsp3) is 0.353. The number of aromatic nitrogens is 5. The second kappa shape index (κ2) is 6.64. The van der Waals surface area contributed by atoms with Crippen LogP contribution in [0.2, 0.25) is 0 Å². The molecule has 0 aliphatic carbocycles. The molecule has 0 saturated heterocycles. The smallest absolute Gasteiger partial charge is 0.161 e. The van der Waals surface area contributed by atoms with E-state index in [0.717, 1.165) is 41.6 Å². The lowest BCUT2D eigenvalue weighted by molar-refractivity contribution is 0.410. The molecule has 0 saturated carbocycles. The first kappa shape index (κ1) is 15.3. The van der Waals surface area contributed by atoms with E-state index in [4.69, 9.17) is 9.72 Å². The third kappa shape index (κ3) is 3.11. The van der Waals surface area contributed by atoms with Gasteiger partial charge in [-0.15, -0.1) is 0 Å². The molecular formula is C17H21N5O. The number of nitrogens with zero attached hydrogens (tertiary/aromatic N) is 5. The van der Waals surface area contributed by atoms with Gasteiger partial charge in [0, 0.05) is 31.3 Å². The lowest BCUT2D eigenvalue weighted by atomic mass is 10.1. The van der Waals surface area contributed by atoms with Crippen molar-refractivity contribution in [2.45, 2.75) is 33.4 Å². The van der Waals surface area contributed by atoms with Crippen LogP contribution in [0.5, 0.6) is 5.75 Å². The summed E-state index contributed by atoms with van der Waals surface area (Å²) in [4.78, 5) is 4.71. The summed E-state index contributed by atoms with van der Waals surface area (Å²) in [5.41, 5.74) is 2.08. The fourth-order valence-corrected chi connectivity index (χ4v) is 2.57. The van der Waals surface area contributed by atoms with E-state index in [1.165, 1.54) is 0 Å². The van der Waals surface area contributed by atoms with Crippen molar-refractivity contribution < 1.29 is 4.74 Å². The van der Waals surface area contributed by atoms with Gasteiger partial charge in [-0.25, -0.2) is 9.67 Å². The Morgan fingerprint density at radius 2 is 1.96 bits per heavy atom. The zero-order chi connectivity index (χ0) is 16.2. The van der Waals surface area contributed by atoms with Gasteiger partial charge in [0.2, 0.25) is 0 Å². The number of hydrogen-bond acceptors (Lipinski definition) is 4. The molecule has 6 nitrogen and oxygen atoms in total. The number of ether oxygens (including phenoxy) is 1. The van der Waals surface area contributed by atoms with E-state index in [1.807, 2.05) is 46.0 Å². The molecule has 0 aliphatic rings. The molecule has 0 radical (unpaired) electrons. The average molecular weight is 311 g/mol. The average Bonchev–Trinajstić information content (AvgIpc) is 3.21. The molecule has 0 fully saturated rings. The summed E-state index contributed by atoms with van der Waals surface area (Å²) in [5.74, 6) is 2.51. The van der Waals surface area contributed by atoms with Crippen LogP contribution in [0.25, 0.3) is 11.4 Å². The maximum absolute atomic E-state index is 5.41. The van der Waals surface area contributed by atoms with Crippen LogP contribution in [-0.4, -0.2) is 31.7 Å². The fourth-order valence-electron chi connectivity index (χ4n) is 2.57. The Bertz CT molecular complexity index is 790. The normalized spacial score (nSPS) is 10.9. The van der Waals surface area contributed by atoms with Crippen molar-refractivity contribution in [3.8, 4) is 17.1 Å². The Morgan fingerprint density at radius 3 is 2.65 bits per heavy atom. The largest absolute Gasteiger partial charge is 0.496 e.